The van der Waals surface area contributed by atoms with Gasteiger partial charge in [0.25, 0.3) is 5.89 Å². The van der Waals surface area contributed by atoms with E-state index in [0.717, 1.165) is 22.0 Å². The third-order valence-electron chi connectivity index (χ3n) is 3.51. The lowest BCUT2D eigenvalue weighted by molar-refractivity contribution is 0.218. The predicted octanol–water partition coefficient (Wildman–Crippen LogP) is 4.64. The van der Waals surface area contributed by atoms with Gasteiger partial charge in [0.2, 0.25) is 5.89 Å². The van der Waals surface area contributed by atoms with Crippen LogP contribution in [0, 0.1) is 0 Å². The second kappa shape index (κ2) is 6.60. The maximum atomic E-state index is 6.03. The molecule has 22 heavy (non-hydrogen) atoms. The van der Waals surface area contributed by atoms with Gasteiger partial charge in [-0.25, -0.2) is 0 Å². The average molecular weight is 334 g/mol. The Morgan fingerprint density at radius 3 is 2.86 bits per heavy atom. The summed E-state index contributed by atoms with van der Waals surface area (Å²) in [4.78, 5) is 3.14. The van der Waals surface area contributed by atoms with Gasteiger partial charge in [-0.15, -0.1) is 21.5 Å². The molecule has 2 heterocycles. The molecule has 0 amide bonds. The van der Waals surface area contributed by atoms with Gasteiger partial charge in [-0.2, -0.15) is 0 Å². The van der Waals surface area contributed by atoms with Crippen molar-refractivity contribution in [2.24, 2.45) is 0 Å². The number of halogens is 1. The molecule has 6 heteroatoms. The van der Waals surface area contributed by atoms with Gasteiger partial charge >= 0.3 is 0 Å². The zero-order valence-electron chi connectivity index (χ0n) is 12.4. The fraction of sp³-hybridized carbons (Fsp3) is 0.250. The third kappa shape index (κ3) is 3.38. The summed E-state index contributed by atoms with van der Waals surface area (Å²) >= 11 is 7.62. The highest BCUT2D eigenvalue weighted by molar-refractivity contribution is 7.13. The molecule has 2 aromatic heterocycles. The normalized spacial score (nSPS) is 12.7. The highest BCUT2D eigenvalue weighted by Crippen LogP contribution is 2.27. The fourth-order valence-corrected chi connectivity index (χ4v) is 3.01. The Morgan fingerprint density at radius 2 is 2.14 bits per heavy atom. The monoisotopic (exact) mass is 333 g/mol. The summed E-state index contributed by atoms with van der Waals surface area (Å²) in [7, 11) is 2.03. The van der Waals surface area contributed by atoms with Crippen LogP contribution in [0.3, 0.4) is 0 Å². The van der Waals surface area contributed by atoms with Crippen LogP contribution in [-0.2, 0) is 6.54 Å². The van der Waals surface area contributed by atoms with E-state index < -0.39 is 0 Å². The third-order valence-corrected chi connectivity index (χ3v) is 4.61. The zero-order chi connectivity index (χ0) is 15.5. The van der Waals surface area contributed by atoms with Gasteiger partial charge in [-0.1, -0.05) is 29.8 Å². The van der Waals surface area contributed by atoms with Crippen LogP contribution in [0.5, 0.6) is 0 Å². The molecule has 0 aliphatic rings. The first kappa shape index (κ1) is 15.2. The number of aromatic nitrogens is 2. The molecule has 0 bridgehead atoms. The van der Waals surface area contributed by atoms with Crippen LogP contribution in [0.4, 0.5) is 0 Å². The van der Waals surface area contributed by atoms with Gasteiger partial charge in [0.1, 0.15) is 0 Å². The standard InChI is InChI=1S/C16H16ClN3OS/c1-11(20(2)10-12-5-3-6-13(17)9-12)15-18-19-16(21-15)14-7-4-8-22-14/h3-9,11H,10H2,1-2H3. The molecule has 1 aromatic carbocycles. The maximum absolute atomic E-state index is 6.03. The molecule has 0 aliphatic carbocycles. The van der Waals surface area contributed by atoms with E-state index >= 15 is 0 Å². The minimum Gasteiger partial charge on any atom is -0.418 e. The number of benzene rings is 1. The first-order valence-electron chi connectivity index (χ1n) is 6.95. The molecule has 3 aromatic rings. The van der Waals surface area contributed by atoms with E-state index in [-0.39, 0.29) is 6.04 Å². The van der Waals surface area contributed by atoms with Crippen LogP contribution in [0.25, 0.3) is 10.8 Å². The number of hydrogen-bond donors (Lipinski definition) is 0. The highest BCUT2D eigenvalue weighted by atomic mass is 35.5. The van der Waals surface area contributed by atoms with E-state index in [1.54, 1.807) is 11.3 Å². The molecule has 114 valence electrons. The number of nitrogens with zero attached hydrogens (tertiary/aromatic N) is 3. The Hall–Kier alpha value is -1.69. The molecular weight excluding hydrogens is 318 g/mol. The Kier molecular flexibility index (Phi) is 4.57. The van der Waals surface area contributed by atoms with Crippen molar-refractivity contribution in [2.45, 2.75) is 19.5 Å². The summed E-state index contributed by atoms with van der Waals surface area (Å²) in [6, 6.07) is 11.8. The van der Waals surface area contributed by atoms with E-state index in [1.165, 1.54) is 0 Å². The van der Waals surface area contributed by atoms with Crippen LogP contribution in [0.1, 0.15) is 24.4 Å². The minimum atomic E-state index is 0.0280. The van der Waals surface area contributed by atoms with Crippen molar-refractivity contribution in [3.8, 4) is 10.8 Å². The van der Waals surface area contributed by atoms with Gasteiger partial charge in [0.05, 0.1) is 10.9 Å². The lowest BCUT2D eigenvalue weighted by Crippen LogP contribution is -2.22. The second-order valence-corrected chi connectivity index (χ2v) is 6.53. The van der Waals surface area contributed by atoms with Crippen molar-refractivity contribution in [3.63, 3.8) is 0 Å². The number of thiophene rings is 1. The quantitative estimate of drug-likeness (QED) is 0.682. The molecule has 0 radical (unpaired) electrons. The predicted molar refractivity (Wildman–Crippen MR) is 88.9 cm³/mol. The van der Waals surface area contributed by atoms with Gasteiger partial charge in [0.15, 0.2) is 0 Å². The molecule has 0 spiro atoms. The summed E-state index contributed by atoms with van der Waals surface area (Å²) in [5.74, 6) is 1.20. The maximum Gasteiger partial charge on any atom is 0.257 e. The summed E-state index contributed by atoms with van der Waals surface area (Å²) in [5, 5.41) is 11.0. The van der Waals surface area contributed by atoms with Crippen LogP contribution < -0.4 is 0 Å². The Balaban J connectivity index is 1.72. The second-order valence-electron chi connectivity index (χ2n) is 5.14. The zero-order valence-corrected chi connectivity index (χ0v) is 13.9. The first-order chi connectivity index (χ1) is 10.6. The molecule has 0 fully saturated rings. The van der Waals surface area contributed by atoms with Crippen LogP contribution in [0.15, 0.2) is 46.2 Å². The molecular formula is C16H16ClN3OS. The molecule has 1 atom stereocenters. The molecule has 4 nitrogen and oxygen atoms in total. The van der Waals surface area contributed by atoms with Crippen molar-refractivity contribution < 1.29 is 4.42 Å². The van der Waals surface area contributed by atoms with Gasteiger partial charge < -0.3 is 4.42 Å². The van der Waals surface area contributed by atoms with Gasteiger partial charge in [0, 0.05) is 11.6 Å². The lowest BCUT2D eigenvalue weighted by atomic mass is 10.2. The molecule has 0 saturated heterocycles. The van der Waals surface area contributed by atoms with E-state index in [9.17, 15) is 0 Å². The molecule has 0 N–H and O–H groups in total. The molecule has 3 rings (SSSR count). The molecule has 0 saturated carbocycles. The summed E-state index contributed by atoms with van der Waals surface area (Å²) in [5.41, 5.74) is 1.15. The SMILES string of the molecule is CC(c1nnc(-c2cccs2)o1)N(C)Cc1cccc(Cl)c1. The van der Waals surface area contributed by atoms with E-state index in [2.05, 4.69) is 28.1 Å². The highest BCUT2D eigenvalue weighted by Gasteiger charge is 2.19. The summed E-state index contributed by atoms with van der Waals surface area (Å²) in [6.07, 6.45) is 0. The first-order valence-corrected chi connectivity index (χ1v) is 8.21. The van der Waals surface area contributed by atoms with Gasteiger partial charge in [-0.3, -0.25) is 4.90 Å². The van der Waals surface area contributed by atoms with Crippen LogP contribution in [0.2, 0.25) is 5.02 Å². The number of rotatable bonds is 5. The molecule has 0 aliphatic heterocycles. The van der Waals surface area contributed by atoms with Crippen molar-refractivity contribution in [1.29, 1.82) is 0 Å². The van der Waals surface area contributed by atoms with E-state index in [4.69, 9.17) is 16.0 Å². The van der Waals surface area contributed by atoms with E-state index in [0.29, 0.717) is 11.8 Å². The lowest BCUT2D eigenvalue weighted by Gasteiger charge is -2.21. The largest absolute Gasteiger partial charge is 0.418 e. The summed E-state index contributed by atoms with van der Waals surface area (Å²) in [6.45, 7) is 2.81. The van der Waals surface area contributed by atoms with Gasteiger partial charge in [-0.05, 0) is 43.1 Å². The molecule has 1 unspecified atom stereocenters. The van der Waals surface area contributed by atoms with Crippen molar-refractivity contribution in [3.05, 3.63) is 58.3 Å². The topological polar surface area (TPSA) is 42.2 Å². The van der Waals surface area contributed by atoms with Crippen molar-refractivity contribution >= 4 is 22.9 Å². The van der Waals surface area contributed by atoms with Crippen LogP contribution >= 0.6 is 22.9 Å². The smallest absolute Gasteiger partial charge is 0.257 e. The van der Waals surface area contributed by atoms with E-state index in [1.807, 2.05) is 42.8 Å². The fourth-order valence-electron chi connectivity index (χ4n) is 2.15. The minimum absolute atomic E-state index is 0.0280. The Labute approximate surface area is 138 Å². The average Bonchev–Trinajstić information content (AvgIpc) is 3.17. The van der Waals surface area contributed by atoms with Crippen molar-refractivity contribution in [1.82, 2.24) is 15.1 Å². The summed E-state index contributed by atoms with van der Waals surface area (Å²) < 4.78 is 5.79. The Bertz CT molecular complexity index is 741. The Morgan fingerprint density at radius 1 is 1.27 bits per heavy atom. The van der Waals surface area contributed by atoms with Crippen molar-refractivity contribution in [2.75, 3.05) is 7.05 Å². The number of hydrogen-bond acceptors (Lipinski definition) is 5. The van der Waals surface area contributed by atoms with Crippen LogP contribution in [-0.4, -0.2) is 22.1 Å².